The van der Waals surface area contributed by atoms with E-state index >= 15 is 0 Å². The van der Waals surface area contributed by atoms with E-state index in [9.17, 15) is 0 Å². The standard InChI is InChI=1S/C5H3N4/c1-4-5(2-9-8-1)7-3-6-4/h1-3H. The highest BCUT2D eigenvalue weighted by molar-refractivity contribution is 5.80. The van der Waals surface area contributed by atoms with Gasteiger partial charge in [0.25, 0.3) is 0 Å². The Morgan fingerprint density at radius 1 is 1.00 bits per heavy atom. The largest absolute Gasteiger partial charge is 0.233 e. The summed E-state index contributed by atoms with van der Waals surface area (Å²) in [7, 11) is 0. The molecule has 2 heterocycles. The van der Waals surface area contributed by atoms with Crippen LogP contribution in [0.5, 0.6) is 0 Å². The van der Waals surface area contributed by atoms with Crippen LogP contribution in [-0.2, 0) is 0 Å². The highest BCUT2D eigenvalue weighted by Gasteiger charge is 2.05. The molecule has 0 spiro atoms. The third-order valence-corrected chi connectivity index (χ3v) is 1.08. The van der Waals surface area contributed by atoms with Crippen LogP contribution in [0.15, 0.2) is 17.4 Å². The van der Waals surface area contributed by atoms with Gasteiger partial charge in [0, 0.05) is 0 Å². The summed E-state index contributed by atoms with van der Waals surface area (Å²) >= 11 is 0. The summed E-state index contributed by atoms with van der Waals surface area (Å²) in [6.07, 6.45) is 4.67. The smallest absolute Gasteiger partial charge is 0.117 e. The topological polar surface area (TPSA) is 52.2 Å². The molecule has 0 saturated carbocycles. The molecule has 0 amide bonds. The summed E-state index contributed by atoms with van der Waals surface area (Å²) in [5, 5.41) is 11.2. The second kappa shape index (κ2) is 1.51. The van der Waals surface area contributed by atoms with Crippen molar-refractivity contribution >= 4 is 17.7 Å². The molecule has 1 radical (unpaired) electrons. The fourth-order valence-electron chi connectivity index (χ4n) is 0.661. The second-order valence-electron chi connectivity index (χ2n) is 1.63. The second-order valence-corrected chi connectivity index (χ2v) is 1.63. The van der Waals surface area contributed by atoms with Crippen LogP contribution >= 0.6 is 0 Å². The minimum atomic E-state index is 0.796. The first-order chi connectivity index (χ1) is 4.47. The quantitative estimate of drug-likeness (QED) is 0.496. The van der Waals surface area contributed by atoms with Crippen molar-refractivity contribution in [2.45, 2.75) is 0 Å². The van der Waals surface area contributed by atoms with Crippen molar-refractivity contribution in [1.82, 2.24) is 15.5 Å². The molecule has 0 aromatic carbocycles. The van der Waals surface area contributed by atoms with E-state index in [4.69, 9.17) is 0 Å². The molecule has 0 bridgehead atoms. The van der Waals surface area contributed by atoms with E-state index in [-0.39, 0.29) is 0 Å². The molecule has 0 aliphatic carbocycles. The first kappa shape index (κ1) is 4.43. The minimum Gasteiger partial charge on any atom is -0.233 e. The summed E-state index contributed by atoms with van der Waals surface area (Å²) in [6, 6.07) is 0. The van der Waals surface area contributed by atoms with Crippen LogP contribution in [0.1, 0.15) is 0 Å². The summed E-state index contributed by atoms with van der Waals surface area (Å²) in [5.74, 6) is 0. The molecule has 0 unspecified atom stereocenters. The zero-order valence-corrected chi connectivity index (χ0v) is 4.52. The van der Waals surface area contributed by atoms with Crippen molar-refractivity contribution in [3.8, 4) is 0 Å². The number of aliphatic imine (C=N–C) groups is 1. The van der Waals surface area contributed by atoms with Gasteiger partial charge in [-0.3, -0.25) is 0 Å². The molecule has 1 aromatic heterocycles. The van der Waals surface area contributed by atoms with Crippen LogP contribution in [0, 0.1) is 0 Å². The van der Waals surface area contributed by atoms with Crippen molar-refractivity contribution in [2.75, 3.05) is 0 Å². The van der Waals surface area contributed by atoms with Gasteiger partial charge in [-0.15, -0.1) is 0 Å². The molecule has 1 aliphatic heterocycles. The Morgan fingerprint density at radius 3 is 2.56 bits per heavy atom. The van der Waals surface area contributed by atoms with E-state index in [0.717, 1.165) is 11.4 Å². The maximum Gasteiger partial charge on any atom is 0.117 e. The zero-order chi connectivity index (χ0) is 6.10. The lowest BCUT2D eigenvalue weighted by molar-refractivity contribution is 1.02. The van der Waals surface area contributed by atoms with Crippen molar-refractivity contribution in [3.63, 3.8) is 0 Å². The number of hydrogen-bond donors (Lipinski definition) is 0. The first-order valence-corrected chi connectivity index (χ1v) is 2.51. The van der Waals surface area contributed by atoms with Gasteiger partial charge in [-0.2, -0.15) is 10.2 Å². The lowest BCUT2D eigenvalue weighted by Crippen LogP contribution is -1.86. The predicted octanol–water partition coefficient (Wildman–Crippen LogP) is 0.386. The number of nitrogens with zero attached hydrogens (tertiary/aromatic N) is 4. The van der Waals surface area contributed by atoms with E-state index in [1.807, 2.05) is 0 Å². The first-order valence-electron chi connectivity index (χ1n) is 2.51. The van der Waals surface area contributed by atoms with E-state index in [0.29, 0.717) is 0 Å². The lowest BCUT2D eigenvalue weighted by Gasteiger charge is -1.88. The van der Waals surface area contributed by atoms with Gasteiger partial charge in [0.15, 0.2) is 0 Å². The van der Waals surface area contributed by atoms with Gasteiger partial charge in [0.1, 0.15) is 17.7 Å². The Hall–Kier alpha value is -1.45. The Bertz CT molecular complexity index is 255. The fraction of sp³-hybridized carbons (Fsp3) is 0. The summed E-state index contributed by atoms with van der Waals surface area (Å²) in [6.45, 7) is 0. The number of aromatic nitrogens is 2. The number of hydrogen-bond acceptors (Lipinski definition) is 3. The molecule has 0 saturated heterocycles. The summed E-state index contributed by atoms with van der Waals surface area (Å²) in [5.41, 5.74) is 1.59. The van der Waals surface area contributed by atoms with E-state index in [1.165, 1.54) is 6.34 Å². The molecule has 4 nitrogen and oxygen atoms in total. The van der Waals surface area contributed by atoms with Crippen molar-refractivity contribution in [3.05, 3.63) is 12.4 Å². The predicted molar refractivity (Wildman–Crippen MR) is 32.0 cm³/mol. The van der Waals surface area contributed by atoms with Gasteiger partial charge in [-0.25, -0.2) is 10.3 Å². The Balaban J connectivity index is 2.63. The van der Waals surface area contributed by atoms with Gasteiger partial charge in [0.05, 0.1) is 12.4 Å². The lowest BCUT2D eigenvalue weighted by atomic mass is 10.4. The Morgan fingerprint density at radius 2 is 1.78 bits per heavy atom. The number of rotatable bonds is 0. The monoisotopic (exact) mass is 119 g/mol. The Labute approximate surface area is 51.6 Å². The molecule has 4 heteroatoms. The van der Waals surface area contributed by atoms with Crippen LogP contribution in [0.3, 0.4) is 0 Å². The maximum absolute atomic E-state index is 3.91. The maximum atomic E-state index is 3.91. The molecule has 0 N–H and O–H groups in total. The normalized spacial score (nSPS) is 12.9. The van der Waals surface area contributed by atoms with Gasteiger partial charge in [-0.1, -0.05) is 0 Å². The molecule has 1 aromatic rings. The van der Waals surface area contributed by atoms with Crippen molar-refractivity contribution in [2.24, 2.45) is 4.99 Å². The van der Waals surface area contributed by atoms with Crippen molar-refractivity contribution in [1.29, 1.82) is 0 Å². The van der Waals surface area contributed by atoms with Crippen LogP contribution in [0.2, 0.25) is 0 Å². The average molecular weight is 119 g/mol. The third kappa shape index (κ3) is 0.561. The average Bonchev–Trinajstić information content (AvgIpc) is 2.33. The SMILES string of the molecule is C1=Nc2cnncc2[N]1. The minimum absolute atomic E-state index is 0.796. The molecule has 2 rings (SSSR count). The summed E-state index contributed by atoms with van der Waals surface area (Å²) < 4.78 is 0. The molecular weight excluding hydrogens is 116 g/mol. The Kier molecular flexibility index (Phi) is 0.745. The fourth-order valence-corrected chi connectivity index (χ4v) is 0.661. The van der Waals surface area contributed by atoms with Gasteiger partial charge >= 0.3 is 0 Å². The molecule has 0 atom stereocenters. The highest BCUT2D eigenvalue weighted by atomic mass is 15.1. The molecule has 9 heavy (non-hydrogen) atoms. The van der Waals surface area contributed by atoms with Crippen LogP contribution < -0.4 is 5.32 Å². The van der Waals surface area contributed by atoms with Crippen molar-refractivity contribution < 1.29 is 0 Å². The van der Waals surface area contributed by atoms with Gasteiger partial charge in [0.2, 0.25) is 0 Å². The van der Waals surface area contributed by atoms with Gasteiger partial charge in [-0.05, 0) is 0 Å². The molecule has 43 valence electrons. The van der Waals surface area contributed by atoms with Crippen LogP contribution in [-0.4, -0.2) is 16.5 Å². The third-order valence-electron chi connectivity index (χ3n) is 1.08. The molecule has 1 aliphatic rings. The van der Waals surface area contributed by atoms with E-state index < -0.39 is 0 Å². The van der Waals surface area contributed by atoms with Gasteiger partial charge < -0.3 is 0 Å². The molecule has 0 fully saturated rings. The number of fused-ring (bicyclic) bond motifs is 1. The van der Waals surface area contributed by atoms with Crippen LogP contribution in [0.25, 0.3) is 0 Å². The summed E-state index contributed by atoms with van der Waals surface area (Å²) in [4.78, 5) is 3.91. The highest BCUT2D eigenvalue weighted by Crippen LogP contribution is 2.24. The van der Waals surface area contributed by atoms with E-state index in [1.54, 1.807) is 12.4 Å². The zero-order valence-electron chi connectivity index (χ0n) is 4.52. The van der Waals surface area contributed by atoms with E-state index in [2.05, 4.69) is 20.5 Å². The molecular formula is C5H3N4. The van der Waals surface area contributed by atoms with Crippen LogP contribution in [0.4, 0.5) is 11.4 Å².